The van der Waals surface area contributed by atoms with Crippen molar-refractivity contribution < 1.29 is 29.0 Å². The molecule has 2 amide bonds. The molecule has 186 valence electrons. The van der Waals surface area contributed by atoms with Crippen molar-refractivity contribution in [3.63, 3.8) is 0 Å². The van der Waals surface area contributed by atoms with Crippen LogP contribution < -0.4 is 5.32 Å². The topological polar surface area (TPSA) is 105 Å². The molecule has 8 heteroatoms. The third-order valence-corrected chi connectivity index (χ3v) is 6.95. The summed E-state index contributed by atoms with van der Waals surface area (Å²) in [6.07, 6.45) is -0.682. The summed E-state index contributed by atoms with van der Waals surface area (Å²) in [6.45, 7) is 4.83. The lowest BCUT2D eigenvalue weighted by Gasteiger charge is -2.36. The number of hydrogen-bond donors (Lipinski definition) is 2. The lowest BCUT2D eigenvalue weighted by molar-refractivity contribution is -0.149. The Hall–Kier alpha value is -3.39. The highest BCUT2D eigenvalue weighted by Gasteiger charge is 2.35. The highest BCUT2D eigenvalue weighted by atomic mass is 16.5. The number of nitrogens with zero attached hydrogens (tertiary/aromatic N) is 1. The summed E-state index contributed by atoms with van der Waals surface area (Å²) in [6, 6.07) is 15.5. The highest BCUT2D eigenvalue weighted by Crippen LogP contribution is 2.44. The molecule has 0 saturated carbocycles. The van der Waals surface area contributed by atoms with Crippen LogP contribution in [0.4, 0.5) is 4.79 Å². The summed E-state index contributed by atoms with van der Waals surface area (Å²) in [5.74, 6) is -1.41. The molecule has 3 atom stereocenters. The highest BCUT2D eigenvalue weighted by molar-refractivity contribution is 5.86. The van der Waals surface area contributed by atoms with Gasteiger partial charge in [-0.3, -0.25) is 9.59 Å². The van der Waals surface area contributed by atoms with Gasteiger partial charge in [0.2, 0.25) is 5.91 Å². The van der Waals surface area contributed by atoms with Crippen LogP contribution in [0.3, 0.4) is 0 Å². The predicted octanol–water partition coefficient (Wildman–Crippen LogP) is 3.64. The Bertz CT molecular complexity index is 1040. The second-order valence-corrected chi connectivity index (χ2v) is 9.21. The van der Waals surface area contributed by atoms with E-state index >= 15 is 0 Å². The first-order valence-electron chi connectivity index (χ1n) is 12.1. The lowest BCUT2D eigenvalue weighted by atomic mass is 9.97. The number of rotatable bonds is 8. The molecule has 35 heavy (non-hydrogen) atoms. The SMILES string of the molecule is CC[C@H](C)[C@H](NC(=O)OCC1c2ccccc2-c2ccccc21)C(=O)N1CCOC(CC(=O)O)C1. The average molecular weight is 481 g/mol. The van der Waals surface area contributed by atoms with E-state index in [1.807, 2.05) is 38.1 Å². The van der Waals surface area contributed by atoms with E-state index in [9.17, 15) is 14.4 Å². The smallest absolute Gasteiger partial charge is 0.407 e. The monoisotopic (exact) mass is 480 g/mol. The van der Waals surface area contributed by atoms with Crippen LogP contribution in [0.1, 0.15) is 43.7 Å². The molecule has 2 N–H and O–H groups in total. The van der Waals surface area contributed by atoms with E-state index in [0.717, 1.165) is 22.3 Å². The van der Waals surface area contributed by atoms with Gasteiger partial charge in [0, 0.05) is 19.0 Å². The molecule has 2 aliphatic rings. The summed E-state index contributed by atoms with van der Waals surface area (Å²) in [5, 5.41) is 11.8. The minimum Gasteiger partial charge on any atom is -0.481 e. The van der Waals surface area contributed by atoms with E-state index in [0.29, 0.717) is 13.0 Å². The van der Waals surface area contributed by atoms with Gasteiger partial charge in [-0.25, -0.2) is 4.79 Å². The number of fused-ring (bicyclic) bond motifs is 3. The van der Waals surface area contributed by atoms with Crippen LogP contribution in [0, 0.1) is 5.92 Å². The maximum Gasteiger partial charge on any atom is 0.407 e. The van der Waals surface area contributed by atoms with Crippen LogP contribution in [-0.4, -0.2) is 66.4 Å². The molecule has 4 rings (SSSR count). The first kappa shape index (κ1) is 24.7. The van der Waals surface area contributed by atoms with Gasteiger partial charge < -0.3 is 24.8 Å². The first-order valence-corrected chi connectivity index (χ1v) is 12.1. The molecular formula is C27H32N2O6. The van der Waals surface area contributed by atoms with Crippen molar-refractivity contribution in [2.24, 2.45) is 5.92 Å². The first-order chi connectivity index (χ1) is 16.9. The molecular weight excluding hydrogens is 448 g/mol. The number of morpholine rings is 1. The fourth-order valence-electron chi connectivity index (χ4n) is 4.88. The number of carboxylic acid groups (broad SMARTS) is 1. The zero-order valence-corrected chi connectivity index (χ0v) is 20.1. The molecule has 1 aliphatic carbocycles. The Labute approximate surface area is 205 Å². The molecule has 0 aromatic heterocycles. The molecule has 1 fully saturated rings. The van der Waals surface area contributed by atoms with Crippen LogP contribution in [0.15, 0.2) is 48.5 Å². The Kier molecular flexibility index (Phi) is 7.70. The van der Waals surface area contributed by atoms with E-state index in [1.54, 1.807) is 4.90 Å². The minimum absolute atomic E-state index is 0.0677. The van der Waals surface area contributed by atoms with Crippen LogP contribution in [0.2, 0.25) is 0 Å². The molecule has 1 unspecified atom stereocenters. The van der Waals surface area contributed by atoms with E-state index in [4.69, 9.17) is 14.6 Å². The number of alkyl carbamates (subject to hydrolysis) is 1. The normalized spacial score (nSPS) is 18.8. The third-order valence-electron chi connectivity index (χ3n) is 6.95. The van der Waals surface area contributed by atoms with Gasteiger partial charge in [0.05, 0.1) is 19.1 Å². The summed E-state index contributed by atoms with van der Waals surface area (Å²) in [7, 11) is 0. The summed E-state index contributed by atoms with van der Waals surface area (Å²) >= 11 is 0. The van der Waals surface area contributed by atoms with Crippen molar-refractivity contribution in [1.29, 1.82) is 0 Å². The Morgan fingerprint density at radius 3 is 2.34 bits per heavy atom. The summed E-state index contributed by atoms with van der Waals surface area (Å²) in [5.41, 5.74) is 4.53. The molecule has 2 aromatic carbocycles. The summed E-state index contributed by atoms with van der Waals surface area (Å²) < 4.78 is 11.1. The number of carbonyl (C=O) groups is 3. The number of carboxylic acids is 1. The fourth-order valence-corrected chi connectivity index (χ4v) is 4.88. The van der Waals surface area contributed by atoms with Crippen molar-refractivity contribution in [3.05, 3.63) is 59.7 Å². The van der Waals surface area contributed by atoms with Crippen LogP contribution in [0.5, 0.6) is 0 Å². The van der Waals surface area contributed by atoms with Crippen molar-refractivity contribution >= 4 is 18.0 Å². The zero-order valence-electron chi connectivity index (χ0n) is 20.1. The maximum absolute atomic E-state index is 13.3. The lowest BCUT2D eigenvalue weighted by Crippen LogP contribution is -2.56. The van der Waals surface area contributed by atoms with Gasteiger partial charge in [-0.05, 0) is 28.2 Å². The van der Waals surface area contributed by atoms with Gasteiger partial charge in [-0.2, -0.15) is 0 Å². The average Bonchev–Trinajstić information content (AvgIpc) is 3.18. The maximum atomic E-state index is 13.3. The van der Waals surface area contributed by atoms with Crippen molar-refractivity contribution in [2.45, 2.75) is 44.8 Å². The van der Waals surface area contributed by atoms with E-state index in [1.165, 1.54) is 0 Å². The van der Waals surface area contributed by atoms with E-state index < -0.39 is 24.2 Å². The second kappa shape index (κ2) is 10.9. The fraction of sp³-hybridized carbons (Fsp3) is 0.444. The van der Waals surface area contributed by atoms with Gasteiger partial charge in [-0.15, -0.1) is 0 Å². The number of aliphatic carboxylic acids is 1. The molecule has 0 spiro atoms. The molecule has 8 nitrogen and oxygen atoms in total. The van der Waals surface area contributed by atoms with Crippen LogP contribution in [0.25, 0.3) is 11.1 Å². The quantitative estimate of drug-likeness (QED) is 0.598. The molecule has 1 saturated heterocycles. The number of ether oxygens (including phenoxy) is 2. The van der Waals surface area contributed by atoms with Crippen LogP contribution >= 0.6 is 0 Å². The largest absolute Gasteiger partial charge is 0.481 e. The standard InChI is InChI=1S/C27H32N2O6/c1-3-17(2)25(26(32)29-12-13-34-18(15-29)14-24(30)31)28-27(33)35-16-23-21-10-6-4-8-19(21)20-9-5-7-11-22(20)23/h4-11,17-18,23,25H,3,12-16H2,1-2H3,(H,28,33)(H,30,31)/t17-,18?,25-/m0/s1. The van der Waals surface area contributed by atoms with E-state index in [2.05, 4.69) is 29.6 Å². The third kappa shape index (κ3) is 5.48. The summed E-state index contributed by atoms with van der Waals surface area (Å²) in [4.78, 5) is 38.8. The molecule has 2 aromatic rings. The van der Waals surface area contributed by atoms with Crippen molar-refractivity contribution in [3.8, 4) is 11.1 Å². The Morgan fingerprint density at radius 2 is 1.74 bits per heavy atom. The minimum atomic E-state index is -0.973. The number of amides is 2. The van der Waals surface area contributed by atoms with Gasteiger partial charge in [-0.1, -0.05) is 68.8 Å². The number of hydrogen-bond acceptors (Lipinski definition) is 5. The molecule has 0 bridgehead atoms. The van der Waals surface area contributed by atoms with Gasteiger partial charge in [0.25, 0.3) is 0 Å². The molecule has 1 heterocycles. The Morgan fingerprint density at radius 1 is 1.11 bits per heavy atom. The number of nitrogens with one attached hydrogen (secondary N) is 1. The van der Waals surface area contributed by atoms with Crippen LogP contribution in [-0.2, 0) is 19.1 Å². The van der Waals surface area contributed by atoms with E-state index in [-0.39, 0.29) is 43.9 Å². The number of carbonyl (C=O) groups excluding carboxylic acids is 2. The number of benzene rings is 2. The zero-order chi connectivity index (χ0) is 24.9. The molecule has 1 aliphatic heterocycles. The second-order valence-electron chi connectivity index (χ2n) is 9.21. The van der Waals surface area contributed by atoms with Gasteiger partial charge in [0.15, 0.2) is 0 Å². The van der Waals surface area contributed by atoms with Gasteiger partial charge in [0.1, 0.15) is 12.6 Å². The predicted molar refractivity (Wildman–Crippen MR) is 130 cm³/mol. The molecule has 0 radical (unpaired) electrons. The van der Waals surface area contributed by atoms with Gasteiger partial charge >= 0.3 is 12.1 Å². The Balaban J connectivity index is 1.41. The van der Waals surface area contributed by atoms with Crippen molar-refractivity contribution in [2.75, 3.05) is 26.3 Å². The van der Waals surface area contributed by atoms with Crippen molar-refractivity contribution in [1.82, 2.24) is 10.2 Å².